The Morgan fingerprint density at radius 1 is 1.21 bits per heavy atom. The second-order valence-electron chi connectivity index (χ2n) is 6.35. The lowest BCUT2D eigenvalue weighted by atomic mass is 9.98. The monoisotopic (exact) mass is 339 g/mol. The zero-order valence-corrected chi connectivity index (χ0v) is 15.3. The molecule has 1 unspecified atom stereocenters. The van der Waals surface area contributed by atoms with Crippen LogP contribution in [0.5, 0.6) is 0 Å². The van der Waals surface area contributed by atoms with E-state index in [1.54, 1.807) is 0 Å². The fraction of sp³-hybridized carbons (Fsp3) is 0.789. The summed E-state index contributed by atoms with van der Waals surface area (Å²) in [6.45, 7) is 5.09. The number of ether oxygens (including phenoxy) is 2. The number of rotatable bonds is 10. The molecule has 0 aromatic carbocycles. The molecule has 24 heavy (non-hydrogen) atoms. The first kappa shape index (κ1) is 20.7. The smallest absolute Gasteiger partial charge is 0.305 e. The van der Waals surface area contributed by atoms with Gasteiger partial charge < -0.3 is 14.8 Å². The van der Waals surface area contributed by atoms with Crippen molar-refractivity contribution in [3.8, 4) is 0 Å². The van der Waals surface area contributed by atoms with Crippen LogP contribution < -0.4 is 5.32 Å². The molecule has 0 aromatic heterocycles. The molecule has 5 nitrogen and oxygen atoms in total. The van der Waals surface area contributed by atoms with E-state index in [1.165, 1.54) is 18.4 Å². The first-order chi connectivity index (χ1) is 11.6. The molecule has 0 radical (unpaired) electrons. The quantitative estimate of drug-likeness (QED) is 0.376. The van der Waals surface area contributed by atoms with Gasteiger partial charge in [-0.2, -0.15) is 0 Å². The van der Waals surface area contributed by atoms with E-state index in [0.717, 1.165) is 38.5 Å². The maximum atomic E-state index is 11.8. The Hall–Kier alpha value is -1.36. The number of unbranched alkanes of at least 4 members (excludes halogenated alkanes) is 2. The summed E-state index contributed by atoms with van der Waals surface area (Å²) in [5, 5.41) is 2.88. The zero-order chi connectivity index (χ0) is 17.6. The number of amides is 1. The van der Waals surface area contributed by atoms with Crippen LogP contribution in [0.3, 0.4) is 0 Å². The second kappa shape index (κ2) is 13.0. The SMILES string of the molecule is CCOC(=O)CCCCCNC(=O)COC1CCCCC/C=C\1C. The average Bonchev–Trinajstić information content (AvgIpc) is 2.54. The van der Waals surface area contributed by atoms with Crippen LogP contribution in [0.2, 0.25) is 0 Å². The molecule has 0 heterocycles. The number of carbonyl (C=O) groups is 2. The molecule has 0 aromatic rings. The standard InChI is InChI=1S/C19H33NO4/c1-3-23-19(22)13-9-6-10-14-20-18(21)15-24-17-12-8-5-4-7-11-16(17)2/h11,17H,3-10,12-15H2,1-2H3,(H,20,21)/b16-11-. The van der Waals surface area contributed by atoms with Gasteiger partial charge in [-0.3, -0.25) is 9.59 Å². The van der Waals surface area contributed by atoms with E-state index in [2.05, 4.69) is 18.3 Å². The Kier molecular flexibility index (Phi) is 11.2. The molecule has 1 rings (SSSR count). The number of hydrogen-bond acceptors (Lipinski definition) is 4. The number of nitrogens with one attached hydrogen (secondary N) is 1. The van der Waals surface area contributed by atoms with Crippen LogP contribution in [0.4, 0.5) is 0 Å². The van der Waals surface area contributed by atoms with E-state index in [-0.39, 0.29) is 24.6 Å². The van der Waals surface area contributed by atoms with Crippen molar-refractivity contribution >= 4 is 11.9 Å². The number of allylic oxidation sites excluding steroid dienone is 1. The molecule has 0 fully saturated rings. The van der Waals surface area contributed by atoms with Gasteiger partial charge in [0.05, 0.1) is 12.7 Å². The predicted molar refractivity (Wildman–Crippen MR) is 94.7 cm³/mol. The van der Waals surface area contributed by atoms with Gasteiger partial charge in [0.15, 0.2) is 0 Å². The van der Waals surface area contributed by atoms with Gasteiger partial charge in [-0.15, -0.1) is 0 Å². The lowest BCUT2D eigenvalue weighted by molar-refractivity contribution is -0.143. The van der Waals surface area contributed by atoms with Crippen molar-refractivity contribution in [1.29, 1.82) is 0 Å². The molecular weight excluding hydrogens is 306 g/mol. The highest BCUT2D eigenvalue weighted by molar-refractivity contribution is 5.77. The molecule has 1 aliphatic rings. The molecule has 1 aliphatic carbocycles. The summed E-state index contributed by atoms with van der Waals surface area (Å²) in [4.78, 5) is 23.0. The van der Waals surface area contributed by atoms with Gasteiger partial charge in [-0.05, 0) is 51.5 Å². The summed E-state index contributed by atoms with van der Waals surface area (Å²) < 4.78 is 10.7. The van der Waals surface area contributed by atoms with Gasteiger partial charge in [0, 0.05) is 13.0 Å². The molecule has 138 valence electrons. The van der Waals surface area contributed by atoms with Crippen molar-refractivity contribution in [1.82, 2.24) is 5.32 Å². The molecular formula is C19H33NO4. The fourth-order valence-electron chi connectivity index (χ4n) is 2.81. The van der Waals surface area contributed by atoms with Gasteiger partial charge >= 0.3 is 5.97 Å². The van der Waals surface area contributed by atoms with Gasteiger partial charge in [0.25, 0.3) is 0 Å². The topological polar surface area (TPSA) is 64.6 Å². The Labute approximate surface area is 146 Å². The van der Waals surface area contributed by atoms with E-state index in [1.807, 2.05) is 6.92 Å². The number of hydrogen-bond donors (Lipinski definition) is 1. The minimum Gasteiger partial charge on any atom is -0.466 e. The lowest BCUT2D eigenvalue weighted by Crippen LogP contribution is -2.31. The zero-order valence-electron chi connectivity index (χ0n) is 15.3. The van der Waals surface area contributed by atoms with Crippen molar-refractivity contribution in [2.24, 2.45) is 0 Å². The summed E-state index contributed by atoms with van der Waals surface area (Å²) in [6.07, 6.45) is 11.1. The predicted octanol–water partition coefficient (Wildman–Crippen LogP) is 3.52. The average molecular weight is 339 g/mol. The molecule has 1 atom stereocenters. The molecule has 5 heteroatoms. The highest BCUT2D eigenvalue weighted by Crippen LogP contribution is 2.19. The van der Waals surface area contributed by atoms with E-state index in [9.17, 15) is 9.59 Å². The third-order valence-electron chi connectivity index (χ3n) is 4.25. The lowest BCUT2D eigenvalue weighted by Gasteiger charge is -2.20. The molecule has 0 saturated carbocycles. The van der Waals surface area contributed by atoms with Crippen molar-refractivity contribution in [3.05, 3.63) is 11.6 Å². The van der Waals surface area contributed by atoms with Crippen molar-refractivity contribution < 1.29 is 19.1 Å². The summed E-state index contributed by atoms with van der Waals surface area (Å²) in [5.41, 5.74) is 1.25. The summed E-state index contributed by atoms with van der Waals surface area (Å²) >= 11 is 0. The molecule has 0 spiro atoms. The summed E-state index contributed by atoms with van der Waals surface area (Å²) in [6, 6.07) is 0. The Balaban J connectivity index is 2.07. The normalized spacial score (nSPS) is 20.4. The largest absolute Gasteiger partial charge is 0.466 e. The van der Waals surface area contributed by atoms with Crippen LogP contribution in [-0.4, -0.2) is 37.7 Å². The van der Waals surface area contributed by atoms with Crippen molar-refractivity contribution in [3.63, 3.8) is 0 Å². The summed E-state index contributed by atoms with van der Waals surface area (Å²) in [5.74, 6) is -0.201. The molecule has 1 amide bonds. The Morgan fingerprint density at radius 2 is 2.04 bits per heavy atom. The van der Waals surface area contributed by atoms with E-state index in [4.69, 9.17) is 9.47 Å². The van der Waals surface area contributed by atoms with Gasteiger partial charge in [0.1, 0.15) is 6.61 Å². The molecule has 0 bridgehead atoms. The highest BCUT2D eigenvalue weighted by atomic mass is 16.5. The maximum absolute atomic E-state index is 11.8. The van der Waals surface area contributed by atoms with Crippen LogP contribution in [0.1, 0.15) is 71.6 Å². The molecule has 1 N–H and O–H groups in total. The maximum Gasteiger partial charge on any atom is 0.305 e. The van der Waals surface area contributed by atoms with E-state index >= 15 is 0 Å². The third-order valence-corrected chi connectivity index (χ3v) is 4.25. The van der Waals surface area contributed by atoms with Crippen LogP contribution in [0.15, 0.2) is 11.6 Å². The summed E-state index contributed by atoms with van der Waals surface area (Å²) in [7, 11) is 0. The van der Waals surface area contributed by atoms with Crippen molar-refractivity contribution in [2.75, 3.05) is 19.8 Å². The van der Waals surface area contributed by atoms with E-state index < -0.39 is 0 Å². The van der Waals surface area contributed by atoms with Gasteiger partial charge in [-0.25, -0.2) is 0 Å². The highest BCUT2D eigenvalue weighted by Gasteiger charge is 2.14. The van der Waals surface area contributed by atoms with Crippen LogP contribution in [-0.2, 0) is 19.1 Å². The van der Waals surface area contributed by atoms with Crippen LogP contribution >= 0.6 is 0 Å². The second-order valence-corrected chi connectivity index (χ2v) is 6.35. The fourth-order valence-corrected chi connectivity index (χ4v) is 2.81. The molecule has 0 saturated heterocycles. The van der Waals surface area contributed by atoms with Crippen LogP contribution in [0.25, 0.3) is 0 Å². The number of carbonyl (C=O) groups excluding carboxylic acids is 2. The van der Waals surface area contributed by atoms with Gasteiger partial charge in [0.2, 0.25) is 5.91 Å². The van der Waals surface area contributed by atoms with Gasteiger partial charge in [-0.1, -0.05) is 25.3 Å². The first-order valence-corrected chi connectivity index (χ1v) is 9.34. The third kappa shape index (κ3) is 9.71. The Bertz CT molecular complexity index is 406. The minimum absolute atomic E-state index is 0.0600. The van der Waals surface area contributed by atoms with E-state index in [0.29, 0.717) is 19.6 Å². The number of esters is 1. The first-order valence-electron chi connectivity index (χ1n) is 9.34. The minimum atomic E-state index is -0.141. The van der Waals surface area contributed by atoms with Crippen molar-refractivity contribution in [2.45, 2.75) is 77.7 Å². The Morgan fingerprint density at radius 3 is 2.83 bits per heavy atom. The molecule has 0 aliphatic heterocycles. The van der Waals surface area contributed by atoms with Crippen LogP contribution in [0, 0.1) is 0 Å².